The molecule has 1 amide bonds. The van der Waals surface area contributed by atoms with Crippen molar-refractivity contribution in [3.05, 3.63) is 41.6 Å². The zero-order valence-corrected chi connectivity index (χ0v) is 12.7. The molecule has 1 aliphatic carbocycles. The Hall–Kier alpha value is -1.55. The molecule has 3 nitrogen and oxygen atoms in total. The first-order chi connectivity index (χ1) is 10.3. The topological polar surface area (TPSA) is 33.2 Å². The lowest BCUT2D eigenvalue weighted by Crippen LogP contribution is -2.38. The zero-order chi connectivity index (χ0) is 14.2. The maximum Gasteiger partial charge on any atom is 0.254 e. The van der Waals surface area contributed by atoms with Gasteiger partial charge in [-0.1, -0.05) is 18.2 Å². The summed E-state index contributed by atoms with van der Waals surface area (Å²) in [6.07, 6.45) is 2.42. The fourth-order valence-electron chi connectivity index (χ4n) is 2.90. The highest BCUT2D eigenvalue weighted by atomic mass is 32.2. The number of hydrogen-bond acceptors (Lipinski definition) is 3. The minimum atomic E-state index is 0.177. The van der Waals surface area contributed by atoms with Crippen LogP contribution in [0.5, 0.6) is 0 Å². The Morgan fingerprint density at radius 3 is 2.71 bits per heavy atom. The lowest BCUT2D eigenvalue weighted by Gasteiger charge is -2.27. The van der Waals surface area contributed by atoms with Crippen LogP contribution >= 0.6 is 11.8 Å². The molecule has 1 saturated carbocycles. The third-order valence-corrected chi connectivity index (χ3v) is 5.20. The summed E-state index contributed by atoms with van der Waals surface area (Å²) in [5.74, 6) is 2.84. The number of amides is 1. The van der Waals surface area contributed by atoms with E-state index in [1.807, 2.05) is 47.0 Å². The predicted octanol–water partition coefficient (Wildman–Crippen LogP) is 3.30. The summed E-state index contributed by atoms with van der Waals surface area (Å²) in [6.45, 7) is 1.72. The standard InChI is InChI=1S/C17H18N2OS/c20-17(19-7-9-21-10-8-19)14-11-16(12-5-6-12)18-15-4-2-1-3-13(14)15/h1-4,11-12H,5-10H2. The van der Waals surface area contributed by atoms with Gasteiger partial charge in [-0.05, 0) is 25.0 Å². The molecular formula is C17H18N2OS. The van der Waals surface area contributed by atoms with E-state index in [1.54, 1.807) is 0 Å². The molecule has 4 heteroatoms. The van der Waals surface area contributed by atoms with E-state index in [-0.39, 0.29) is 5.91 Å². The van der Waals surface area contributed by atoms with Gasteiger partial charge < -0.3 is 4.90 Å². The first kappa shape index (κ1) is 13.1. The third kappa shape index (κ3) is 2.53. The van der Waals surface area contributed by atoms with Crippen LogP contribution in [0.4, 0.5) is 0 Å². The number of thioether (sulfide) groups is 1. The molecule has 0 N–H and O–H groups in total. The Morgan fingerprint density at radius 2 is 1.95 bits per heavy atom. The van der Waals surface area contributed by atoms with E-state index >= 15 is 0 Å². The number of benzene rings is 1. The van der Waals surface area contributed by atoms with Crippen molar-refractivity contribution < 1.29 is 4.79 Å². The van der Waals surface area contributed by atoms with Crippen LogP contribution in [0.15, 0.2) is 30.3 Å². The maximum absolute atomic E-state index is 12.9. The van der Waals surface area contributed by atoms with Crippen LogP contribution in [0.1, 0.15) is 34.8 Å². The molecule has 2 aromatic rings. The molecule has 1 saturated heterocycles. The van der Waals surface area contributed by atoms with Gasteiger partial charge in [0, 0.05) is 41.6 Å². The van der Waals surface area contributed by atoms with Crippen LogP contribution in [-0.4, -0.2) is 40.4 Å². The molecule has 4 rings (SSSR count). The average Bonchev–Trinajstić information content (AvgIpc) is 3.39. The van der Waals surface area contributed by atoms with Gasteiger partial charge in [0.25, 0.3) is 5.91 Å². The van der Waals surface area contributed by atoms with Crippen molar-refractivity contribution in [2.24, 2.45) is 0 Å². The largest absolute Gasteiger partial charge is 0.337 e. The highest BCUT2D eigenvalue weighted by Gasteiger charge is 2.28. The van der Waals surface area contributed by atoms with Gasteiger partial charge in [0.05, 0.1) is 11.1 Å². The molecule has 2 heterocycles. The van der Waals surface area contributed by atoms with Gasteiger partial charge in [0.2, 0.25) is 0 Å². The second kappa shape index (κ2) is 5.34. The molecule has 0 spiro atoms. The monoisotopic (exact) mass is 298 g/mol. The van der Waals surface area contributed by atoms with E-state index in [9.17, 15) is 4.79 Å². The summed E-state index contributed by atoms with van der Waals surface area (Å²) in [5, 5.41) is 0.991. The van der Waals surface area contributed by atoms with Gasteiger partial charge >= 0.3 is 0 Å². The van der Waals surface area contributed by atoms with Crippen molar-refractivity contribution in [3.63, 3.8) is 0 Å². The molecular weight excluding hydrogens is 280 g/mol. The summed E-state index contributed by atoms with van der Waals surface area (Å²) in [4.78, 5) is 19.6. The van der Waals surface area contributed by atoms with E-state index < -0.39 is 0 Å². The Bertz CT molecular complexity index is 690. The first-order valence-corrected chi connectivity index (χ1v) is 8.75. The number of pyridine rings is 1. The van der Waals surface area contributed by atoms with Crippen molar-refractivity contribution in [1.82, 2.24) is 9.88 Å². The summed E-state index contributed by atoms with van der Waals surface area (Å²) in [5.41, 5.74) is 2.90. The number of hydrogen-bond donors (Lipinski definition) is 0. The second-order valence-corrected chi connectivity index (χ2v) is 7.02. The fraction of sp³-hybridized carbons (Fsp3) is 0.412. The molecule has 0 bridgehead atoms. The Labute approximate surface area is 128 Å². The predicted molar refractivity (Wildman–Crippen MR) is 86.9 cm³/mol. The van der Waals surface area contributed by atoms with Gasteiger partial charge in [0.1, 0.15) is 0 Å². The van der Waals surface area contributed by atoms with Gasteiger partial charge in [-0.2, -0.15) is 11.8 Å². The number of nitrogens with zero attached hydrogens (tertiary/aromatic N) is 2. The van der Waals surface area contributed by atoms with Crippen molar-refractivity contribution in [3.8, 4) is 0 Å². The SMILES string of the molecule is O=C(c1cc(C2CC2)nc2ccccc12)N1CCSCC1. The maximum atomic E-state index is 12.9. The minimum Gasteiger partial charge on any atom is -0.337 e. The van der Waals surface area contributed by atoms with E-state index in [4.69, 9.17) is 4.98 Å². The minimum absolute atomic E-state index is 0.177. The molecule has 0 unspecified atom stereocenters. The molecule has 0 radical (unpaired) electrons. The van der Waals surface area contributed by atoms with E-state index in [2.05, 4.69) is 0 Å². The zero-order valence-electron chi connectivity index (χ0n) is 11.9. The van der Waals surface area contributed by atoms with Crippen LogP contribution in [0, 0.1) is 0 Å². The Morgan fingerprint density at radius 1 is 1.19 bits per heavy atom. The van der Waals surface area contributed by atoms with Crippen molar-refractivity contribution in [2.75, 3.05) is 24.6 Å². The molecule has 108 valence electrons. The van der Waals surface area contributed by atoms with Crippen molar-refractivity contribution in [1.29, 1.82) is 0 Å². The van der Waals surface area contributed by atoms with Gasteiger partial charge in [-0.15, -0.1) is 0 Å². The molecule has 1 aromatic heterocycles. The highest BCUT2D eigenvalue weighted by Crippen LogP contribution is 2.40. The molecule has 1 aromatic carbocycles. The van der Waals surface area contributed by atoms with E-state index in [1.165, 1.54) is 12.8 Å². The van der Waals surface area contributed by atoms with Gasteiger partial charge in [-0.25, -0.2) is 0 Å². The molecule has 2 aliphatic rings. The molecule has 21 heavy (non-hydrogen) atoms. The quantitative estimate of drug-likeness (QED) is 0.853. The van der Waals surface area contributed by atoms with Crippen LogP contribution in [-0.2, 0) is 0 Å². The lowest BCUT2D eigenvalue weighted by atomic mass is 10.0. The van der Waals surface area contributed by atoms with Crippen LogP contribution in [0.25, 0.3) is 10.9 Å². The Kier molecular flexibility index (Phi) is 3.34. The number of aromatic nitrogens is 1. The van der Waals surface area contributed by atoms with Crippen LogP contribution in [0.3, 0.4) is 0 Å². The van der Waals surface area contributed by atoms with Crippen molar-refractivity contribution >= 4 is 28.6 Å². The first-order valence-electron chi connectivity index (χ1n) is 7.59. The number of rotatable bonds is 2. The third-order valence-electron chi connectivity index (χ3n) is 4.26. The van der Waals surface area contributed by atoms with E-state index in [0.717, 1.165) is 46.8 Å². The normalized spacial score (nSPS) is 19.0. The van der Waals surface area contributed by atoms with Crippen LogP contribution < -0.4 is 0 Å². The summed E-state index contributed by atoms with van der Waals surface area (Å²) in [6, 6.07) is 10.1. The smallest absolute Gasteiger partial charge is 0.254 e. The number of fused-ring (bicyclic) bond motifs is 1. The number of carbonyl (C=O) groups excluding carboxylic acids is 1. The number of para-hydroxylation sites is 1. The van der Waals surface area contributed by atoms with Gasteiger partial charge in [-0.3, -0.25) is 9.78 Å². The molecule has 0 atom stereocenters. The van der Waals surface area contributed by atoms with E-state index in [0.29, 0.717) is 5.92 Å². The summed E-state index contributed by atoms with van der Waals surface area (Å²) >= 11 is 1.93. The van der Waals surface area contributed by atoms with Crippen LogP contribution in [0.2, 0.25) is 0 Å². The fourth-order valence-corrected chi connectivity index (χ4v) is 3.80. The molecule has 2 fully saturated rings. The highest BCUT2D eigenvalue weighted by molar-refractivity contribution is 7.99. The lowest BCUT2D eigenvalue weighted by molar-refractivity contribution is 0.0774. The second-order valence-electron chi connectivity index (χ2n) is 5.79. The average molecular weight is 298 g/mol. The number of carbonyl (C=O) groups is 1. The summed E-state index contributed by atoms with van der Waals surface area (Å²) < 4.78 is 0. The summed E-state index contributed by atoms with van der Waals surface area (Å²) in [7, 11) is 0. The van der Waals surface area contributed by atoms with Crippen molar-refractivity contribution in [2.45, 2.75) is 18.8 Å². The van der Waals surface area contributed by atoms with Gasteiger partial charge in [0.15, 0.2) is 0 Å². The molecule has 1 aliphatic heterocycles. The Balaban J connectivity index is 1.79.